The number of hydrogen-bond donors (Lipinski definition) is 2. The summed E-state index contributed by atoms with van der Waals surface area (Å²) in [7, 11) is -1.81. The van der Waals surface area contributed by atoms with Crippen LogP contribution in [0.15, 0.2) is 12.1 Å². The Hall–Kier alpha value is -1.07. The van der Waals surface area contributed by atoms with Gasteiger partial charge in [-0.2, -0.15) is 0 Å². The quantitative estimate of drug-likeness (QED) is 0.682. The lowest BCUT2D eigenvalue weighted by Crippen LogP contribution is -2.33. The molecule has 0 bridgehead atoms. The third kappa shape index (κ3) is 2.24. The van der Waals surface area contributed by atoms with Gasteiger partial charge in [0.05, 0.1) is 6.61 Å². The van der Waals surface area contributed by atoms with Crippen LogP contribution < -0.4 is 10.2 Å². The first-order valence-corrected chi connectivity index (χ1v) is 4.35. The topological polar surface area (TPSA) is 49.7 Å². The molecule has 14 heavy (non-hydrogen) atoms. The van der Waals surface area contributed by atoms with Gasteiger partial charge in [0.25, 0.3) is 0 Å². The molecule has 1 aromatic carbocycles. The van der Waals surface area contributed by atoms with E-state index in [1.807, 2.05) is 0 Å². The van der Waals surface area contributed by atoms with Crippen LogP contribution in [0.4, 0.5) is 4.39 Å². The number of halogens is 1. The smallest absolute Gasteiger partial charge is 0.491 e. The van der Waals surface area contributed by atoms with E-state index >= 15 is 0 Å². The highest BCUT2D eigenvalue weighted by molar-refractivity contribution is 6.58. The second kappa shape index (κ2) is 4.44. The van der Waals surface area contributed by atoms with E-state index in [1.165, 1.54) is 12.1 Å². The van der Waals surface area contributed by atoms with E-state index in [2.05, 4.69) is 0 Å². The lowest BCUT2D eigenvalue weighted by atomic mass is 9.79. The molecule has 3 nitrogen and oxygen atoms in total. The van der Waals surface area contributed by atoms with Crippen molar-refractivity contribution in [2.24, 2.45) is 0 Å². The van der Waals surface area contributed by atoms with Gasteiger partial charge in [0.2, 0.25) is 0 Å². The van der Waals surface area contributed by atoms with Crippen LogP contribution in [0.2, 0.25) is 0 Å². The predicted octanol–water partition coefficient (Wildman–Crippen LogP) is 0.213. The van der Waals surface area contributed by atoms with Gasteiger partial charge >= 0.3 is 7.12 Å². The van der Waals surface area contributed by atoms with Crippen LogP contribution in [-0.2, 0) is 0 Å². The fourth-order valence-corrected chi connectivity index (χ4v) is 1.21. The summed E-state index contributed by atoms with van der Waals surface area (Å²) in [6, 6.07) is 2.90. The van der Waals surface area contributed by atoms with E-state index in [4.69, 9.17) is 14.8 Å². The summed E-state index contributed by atoms with van der Waals surface area (Å²) in [4.78, 5) is 0. The summed E-state index contributed by atoms with van der Waals surface area (Å²) in [6.07, 6.45) is 0. The van der Waals surface area contributed by atoms with Gasteiger partial charge in [-0.25, -0.2) is 4.39 Å². The van der Waals surface area contributed by atoms with Gasteiger partial charge in [-0.1, -0.05) is 6.07 Å². The molecule has 0 spiro atoms. The van der Waals surface area contributed by atoms with Gasteiger partial charge in [0, 0.05) is 5.46 Å². The number of ether oxygens (including phenoxy) is 1. The molecule has 0 aliphatic heterocycles. The van der Waals surface area contributed by atoms with E-state index in [1.54, 1.807) is 13.8 Å². The second-order valence-corrected chi connectivity index (χ2v) is 2.97. The monoisotopic (exact) mass is 198 g/mol. The second-order valence-electron chi connectivity index (χ2n) is 2.97. The van der Waals surface area contributed by atoms with Crippen molar-refractivity contribution in [2.75, 3.05) is 6.61 Å². The molecule has 0 aliphatic rings. The van der Waals surface area contributed by atoms with Crippen molar-refractivity contribution < 1.29 is 19.2 Å². The Morgan fingerprint density at radius 3 is 2.57 bits per heavy atom. The van der Waals surface area contributed by atoms with Crippen LogP contribution in [-0.4, -0.2) is 23.8 Å². The predicted molar refractivity (Wildman–Crippen MR) is 52.1 cm³/mol. The highest BCUT2D eigenvalue weighted by atomic mass is 19.1. The minimum atomic E-state index is -1.81. The van der Waals surface area contributed by atoms with Crippen molar-refractivity contribution >= 4 is 12.6 Å². The molecule has 0 saturated heterocycles. The zero-order chi connectivity index (χ0) is 10.7. The highest BCUT2D eigenvalue weighted by Gasteiger charge is 2.20. The van der Waals surface area contributed by atoms with E-state index in [-0.39, 0.29) is 11.2 Å². The first-order valence-electron chi connectivity index (χ1n) is 4.35. The molecule has 76 valence electrons. The molecule has 0 aromatic heterocycles. The Morgan fingerprint density at radius 2 is 2.07 bits per heavy atom. The van der Waals surface area contributed by atoms with Gasteiger partial charge in [-0.05, 0) is 25.5 Å². The van der Waals surface area contributed by atoms with E-state index in [9.17, 15) is 4.39 Å². The summed E-state index contributed by atoms with van der Waals surface area (Å²) in [6.45, 7) is 3.80. The standard InChI is InChI=1S/C9H12BFO3/c1-3-14-8-5-6(2)4-7(9(8)11)10(12)13/h4-5,12-13H,3H2,1-2H3. The van der Waals surface area contributed by atoms with Crippen molar-refractivity contribution in [1.82, 2.24) is 0 Å². The van der Waals surface area contributed by atoms with Crippen molar-refractivity contribution in [1.29, 1.82) is 0 Å². The molecular weight excluding hydrogens is 186 g/mol. The van der Waals surface area contributed by atoms with Gasteiger partial charge in [-0.15, -0.1) is 0 Å². The van der Waals surface area contributed by atoms with Crippen molar-refractivity contribution in [3.05, 3.63) is 23.5 Å². The Bertz CT molecular complexity index is 328. The third-order valence-electron chi connectivity index (χ3n) is 1.79. The zero-order valence-electron chi connectivity index (χ0n) is 8.12. The largest absolute Gasteiger partial charge is 0.491 e. The fraction of sp³-hybridized carbons (Fsp3) is 0.333. The Labute approximate surface area is 82.3 Å². The van der Waals surface area contributed by atoms with Crippen LogP contribution >= 0.6 is 0 Å². The van der Waals surface area contributed by atoms with Gasteiger partial charge in [-0.3, -0.25) is 0 Å². The van der Waals surface area contributed by atoms with Crippen molar-refractivity contribution in [3.8, 4) is 5.75 Å². The Morgan fingerprint density at radius 1 is 1.43 bits per heavy atom. The van der Waals surface area contributed by atoms with Gasteiger partial charge < -0.3 is 14.8 Å². The summed E-state index contributed by atoms with van der Waals surface area (Å²) < 4.78 is 18.5. The van der Waals surface area contributed by atoms with Gasteiger partial charge in [0.1, 0.15) is 0 Å². The maximum Gasteiger partial charge on any atom is 0.491 e. The zero-order valence-corrected chi connectivity index (χ0v) is 8.12. The van der Waals surface area contributed by atoms with Gasteiger partial charge in [0.15, 0.2) is 11.6 Å². The molecule has 0 atom stereocenters. The molecule has 2 N–H and O–H groups in total. The van der Waals surface area contributed by atoms with E-state index in [0.717, 1.165) is 5.56 Å². The number of hydrogen-bond acceptors (Lipinski definition) is 3. The minimum absolute atomic E-state index is 0.0515. The average molecular weight is 198 g/mol. The molecule has 1 rings (SSSR count). The van der Waals surface area contributed by atoms with Crippen LogP contribution in [0.1, 0.15) is 12.5 Å². The van der Waals surface area contributed by atoms with Crippen LogP contribution in [0.5, 0.6) is 5.75 Å². The molecule has 0 amide bonds. The summed E-state index contributed by atoms with van der Waals surface area (Å²) in [5.74, 6) is -0.664. The summed E-state index contributed by atoms with van der Waals surface area (Å²) >= 11 is 0. The van der Waals surface area contributed by atoms with Crippen molar-refractivity contribution in [2.45, 2.75) is 13.8 Å². The average Bonchev–Trinajstić information content (AvgIpc) is 2.10. The molecule has 5 heteroatoms. The fourth-order valence-electron chi connectivity index (χ4n) is 1.21. The Kier molecular flexibility index (Phi) is 3.49. The third-order valence-corrected chi connectivity index (χ3v) is 1.79. The van der Waals surface area contributed by atoms with E-state index in [0.29, 0.717) is 6.61 Å². The van der Waals surface area contributed by atoms with Crippen LogP contribution in [0.25, 0.3) is 0 Å². The molecular formula is C9H12BFO3. The van der Waals surface area contributed by atoms with Crippen LogP contribution in [0.3, 0.4) is 0 Å². The first kappa shape index (κ1) is 11.0. The first-order chi connectivity index (χ1) is 6.56. The SMILES string of the molecule is CCOc1cc(C)cc(B(O)O)c1F. The molecule has 0 unspecified atom stereocenters. The molecule has 0 aliphatic carbocycles. The summed E-state index contributed by atoms with van der Waals surface area (Å²) in [5.41, 5.74) is 0.561. The number of aryl methyl sites for hydroxylation is 1. The lowest BCUT2D eigenvalue weighted by Gasteiger charge is -2.09. The van der Waals surface area contributed by atoms with Crippen LogP contribution in [0, 0.1) is 12.7 Å². The number of rotatable bonds is 3. The Balaban J connectivity index is 3.18. The highest BCUT2D eigenvalue weighted by Crippen LogP contribution is 2.17. The summed E-state index contributed by atoms with van der Waals surface area (Å²) in [5, 5.41) is 17.8. The number of benzene rings is 1. The molecule has 0 radical (unpaired) electrons. The molecule has 0 fully saturated rings. The lowest BCUT2D eigenvalue weighted by molar-refractivity contribution is 0.321. The maximum atomic E-state index is 13.4. The minimum Gasteiger partial charge on any atom is -0.491 e. The van der Waals surface area contributed by atoms with Crippen molar-refractivity contribution in [3.63, 3.8) is 0 Å². The molecule has 0 saturated carbocycles. The molecule has 0 heterocycles. The normalized spacial score (nSPS) is 10.1. The van der Waals surface area contributed by atoms with E-state index < -0.39 is 12.9 Å². The maximum absolute atomic E-state index is 13.4. The molecule has 1 aromatic rings.